The van der Waals surface area contributed by atoms with Crippen LogP contribution in [0.3, 0.4) is 0 Å². The number of amides is 1. The van der Waals surface area contributed by atoms with Crippen molar-refractivity contribution in [3.63, 3.8) is 0 Å². The number of hydrogen-bond acceptors (Lipinski definition) is 5. The van der Waals surface area contributed by atoms with Crippen LogP contribution < -0.4 is 9.54 Å². The quantitative estimate of drug-likeness (QED) is 0.576. The van der Waals surface area contributed by atoms with Crippen LogP contribution in [0.2, 0.25) is 0 Å². The SMILES string of the molecule is CCOc1cccc2sc(=NC(=O)/C=C/c3cccs3)n(CCOC)c12. The third-order valence-corrected chi connectivity index (χ3v) is 5.50. The van der Waals surface area contributed by atoms with Gasteiger partial charge in [-0.05, 0) is 36.6 Å². The summed E-state index contributed by atoms with van der Waals surface area (Å²) in [5.74, 6) is 0.509. The Morgan fingerprint density at radius 2 is 2.19 bits per heavy atom. The summed E-state index contributed by atoms with van der Waals surface area (Å²) in [6, 6.07) is 9.81. The van der Waals surface area contributed by atoms with Gasteiger partial charge in [0, 0.05) is 24.6 Å². The van der Waals surface area contributed by atoms with Gasteiger partial charge in [0.25, 0.3) is 5.91 Å². The second-order valence-electron chi connectivity index (χ2n) is 5.36. The lowest BCUT2D eigenvalue weighted by Crippen LogP contribution is -2.19. The van der Waals surface area contributed by atoms with Crippen LogP contribution in [0, 0.1) is 0 Å². The Balaban J connectivity index is 2.03. The van der Waals surface area contributed by atoms with Gasteiger partial charge in [-0.2, -0.15) is 4.99 Å². The summed E-state index contributed by atoms with van der Waals surface area (Å²) in [6.07, 6.45) is 3.29. The molecule has 26 heavy (non-hydrogen) atoms. The first kappa shape index (κ1) is 18.6. The first-order chi connectivity index (χ1) is 12.7. The first-order valence-electron chi connectivity index (χ1n) is 8.27. The van der Waals surface area contributed by atoms with Crippen LogP contribution in [0.25, 0.3) is 16.3 Å². The number of fused-ring (bicyclic) bond motifs is 1. The van der Waals surface area contributed by atoms with E-state index in [-0.39, 0.29) is 5.91 Å². The third-order valence-electron chi connectivity index (χ3n) is 3.62. The van der Waals surface area contributed by atoms with E-state index in [4.69, 9.17) is 9.47 Å². The Labute approximate surface area is 159 Å². The Bertz CT molecular complexity index is 968. The maximum Gasteiger partial charge on any atom is 0.272 e. The van der Waals surface area contributed by atoms with Crippen molar-refractivity contribution in [2.24, 2.45) is 4.99 Å². The maximum atomic E-state index is 12.3. The molecular weight excluding hydrogens is 368 g/mol. The van der Waals surface area contributed by atoms with Crippen molar-refractivity contribution >= 4 is 44.9 Å². The normalized spacial score (nSPS) is 12.3. The number of carbonyl (C=O) groups is 1. The summed E-state index contributed by atoms with van der Waals surface area (Å²) in [5, 5.41) is 1.97. The van der Waals surface area contributed by atoms with E-state index in [1.165, 1.54) is 17.4 Å². The molecule has 0 spiro atoms. The van der Waals surface area contributed by atoms with Crippen LogP contribution in [-0.2, 0) is 16.1 Å². The zero-order valence-corrected chi connectivity index (χ0v) is 16.3. The molecule has 0 fully saturated rings. The predicted molar refractivity (Wildman–Crippen MR) is 107 cm³/mol. The highest BCUT2D eigenvalue weighted by molar-refractivity contribution is 7.16. The van der Waals surface area contributed by atoms with Crippen molar-refractivity contribution in [1.82, 2.24) is 4.57 Å². The van der Waals surface area contributed by atoms with Crippen molar-refractivity contribution in [2.75, 3.05) is 20.3 Å². The standard InChI is InChI=1S/C19H20N2O3S2/c1-3-24-15-7-4-8-16-18(15)21(11-12-23-2)19(26-16)20-17(22)10-9-14-6-5-13-25-14/h4-10,13H,3,11-12H2,1-2H3/b10-9+,20-19?. The fraction of sp³-hybridized carbons (Fsp3) is 0.263. The summed E-state index contributed by atoms with van der Waals surface area (Å²) in [6.45, 7) is 3.66. The highest BCUT2D eigenvalue weighted by atomic mass is 32.1. The summed E-state index contributed by atoms with van der Waals surface area (Å²) < 4.78 is 14.0. The predicted octanol–water partition coefficient (Wildman–Crippen LogP) is 3.95. The number of para-hydroxylation sites is 1. The molecule has 5 nitrogen and oxygen atoms in total. The van der Waals surface area contributed by atoms with Gasteiger partial charge in [-0.25, -0.2) is 0 Å². The minimum Gasteiger partial charge on any atom is -0.492 e. The lowest BCUT2D eigenvalue weighted by molar-refractivity contribution is -0.113. The Kier molecular flexibility index (Phi) is 6.38. The molecule has 1 aromatic carbocycles. The second-order valence-corrected chi connectivity index (χ2v) is 7.35. The molecule has 0 bridgehead atoms. The van der Waals surface area contributed by atoms with Gasteiger partial charge in [0.05, 0.1) is 17.9 Å². The van der Waals surface area contributed by atoms with Crippen molar-refractivity contribution in [1.29, 1.82) is 0 Å². The fourth-order valence-electron chi connectivity index (χ4n) is 2.52. The number of ether oxygens (including phenoxy) is 2. The fourth-order valence-corrected chi connectivity index (χ4v) is 4.21. The summed E-state index contributed by atoms with van der Waals surface area (Å²) >= 11 is 3.05. The van der Waals surface area contributed by atoms with Crippen LogP contribution in [0.5, 0.6) is 5.75 Å². The van der Waals surface area contributed by atoms with E-state index >= 15 is 0 Å². The maximum absolute atomic E-state index is 12.3. The first-order valence-corrected chi connectivity index (χ1v) is 9.97. The number of thiazole rings is 1. The molecule has 1 amide bonds. The largest absolute Gasteiger partial charge is 0.492 e. The minimum absolute atomic E-state index is 0.283. The Morgan fingerprint density at radius 1 is 1.31 bits per heavy atom. The zero-order valence-electron chi connectivity index (χ0n) is 14.7. The van der Waals surface area contributed by atoms with Crippen molar-refractivity contribution in [2.45, 2.75) is 13.5 Å². The van der Waals surface area contributed by atoms with E-state index in [0.717, 1.165) is 20.8 Å². The molecule has 7 heteroatoms. The molecule has 2 aromatic heterocycles. The van der Waals surface area contributed by atoms with Crippen LogP contribution in [0.1, 0.15) is 11.8 Å². The molecule has 0 radical (unpaired) electrons. The van der Waals surface area contributed by atoms with E-state index in [0.29, 0.717) is 24.6 Å². The average Bonchev–Trinajstić information content (AvgIpc) is 3.26. The zero-order chi connectivity index (χ0) is 18.4. The summed E-state index contributed by atoms with van der Waals surface area (Å²) in [4.78, 5) is 18.3. The lowest BCUT2D eigenvalue weighted by Gasteiger charge is -2.09. The highest BCUT2D eigenvalue weighted by Crippen LogP contribution is 2.27. The third kappa shape index (κ3) is 4.30. The van der Waals surface area contributed by atoms with Crippen LogP contribution >= 0.6 is 22.7 Å². The number of rotatable bonds is 7. The van der Waals surface area contributed by atoms with Crippen LogP contribution in [0.15, 0.2) is 46.8 Å². The Morgan fingerprint density at radius 3 is 2.92 bits per heavy atom. The second kappa shape index (κ2) is 8.93. The average molecular weight is 389 g/mol. The number of aromatic nitrogens is 1. The number of thiophene rings is 1. The molecule has 0 saturated carbocycles. The molecule has 0 unspecified atom stereocenters. The van der Waals surface area contributed by atoms with E-state index in [2.05, 4.69) is 4.99 Å². The molecule has 136 valence electrons. The molecule has 0 aliphatic carbocycles. The summed E-state index contributed by atoms with van der Waals surface area (Å²) in [5.41, 5.74) is 0.949. The molecule has 3 rings (SSSR count). The minimum atomic E-state index is -0.283. The van der Waals surface area contributed by atoms with Crippen LogP contribution in [-0.4, -0.2) is 30.8 Å². The van der Waals surface area contributed by atoms with E-state index in [9.17, 15) is 4.79 Å². The van der Waals surface area contributed by atoms with Gasteiger partial charge in [-0.3, -0.25) is 4.79 Å². The highest BCUT2D eigenvalue weighted by Gasteiger charge is 2.12. The van der Waals surface area contributed by atoms with Crippen molar-refractivity contribution in [3.8, 4) is 5.75 Å². The van der Waals surface area contributed by atoms with Gasteiger partial charge >= 0.3 is 0 Å². The number of nitrogens with zero attached hydrogens (tertiary/aromatic N) is 2. The smallest absolute Gasteiger partial charge is 0.272 e. The molecule has 3 aromatic rings. The van der Waals surface area contributed by atoms with Crippen LogP contribution in [0.4, 0.5) is 0 Å². The molecule has 0 atom stereocenters. The number of carbonyl (C=O) groups excluding carboxylic acids is 1. The van der Waals surface area contributed by atoms with Gasteiger partial charge < -0.3 is 14.0 Å². The monoisotopic (exact) mass is 388 g/mol. The number of benzene rings is 1. The molecule has 2 heterocycles. The van der Waals surface area contributed by atoms with Gasteiger partial charge in [-0.1, -0.05) is 23.5 Å². The summed E-state index contributed by atoms with van der Waals surface area (Å²) in [7, 11) is 1.66. The van der Waals surface area contributed by atoms with Gasteiger partial charge in [0.2, 0.25) is 0 Å². The number of methoxy groups -OCH3 is 1. The van der Waals surface area contributed by atoms with Crippen molar-refractivity contribution in [3.05, 3.63) is 51.5 Å². The number of hydrogen-bond donors (Lipinski definition) is 0. The lowest BCUT2D eigenvalue weighted by atomic mass is 10.3. The van der Waals surface area contributed by atoms with Gasteiger partial charge in [0.15, 0.2) is 4.80 Å². The van der Waals surface area contributed by atoms with E-state index < -0.39 is 0 Å². The molecule has 0 saturated heterocycles. The Hall–Kier alpha value is -2.22. The van der Waals surface area contributed by atoms with E-state index in [1.807, 2.05) is 47.2 Å². The topological polar surface area (TPSA) is 52.8 Å². The van der Waals surface area contributed by atoms with Gasteiger partial charge in [0.1, 0.15) is 11.3 Å². The molecule has 0 aliphatic rings. The molecule has 0 N–H and O–H groups in total. The van der Waals surface area contributed by atoms with E-state index in [1.54, 1.807) is 24.5 Å². The molecule has 0 aliphatic heterocycles. The van der Waals surface area contributed by atoms with Gasteiger partial charge in [-0.15, -0.1) is 11.3 Å². The molecular formula is C19H20N2O3S2. The van der Waals surface area contributed by atoms with Crippen molar-refractivity contribution < 1.29 is 14.3 Å².